The van der Waals surface area contributed by atoms with Crippen LogP contribution in [0.3, 0.4) is 0 Å². The van der Waals surface area contributed by atoms with E-state index in [-0.39, 0.29) is 0 Å². The van der Waals surface area contributed by atoms with Crippen LogP contribution in [-0.2, 0) is 19.3 Å². The Hall–Kier alpha value is -2.22. The Bertz CT molecular complexity index is 1010. The number of nitrogens with two attached hydrogens (primary N) is 2. The topological polar surface area (TPSA) is 52.0 Å². The molecule has 2 nitrogen and oxygen atoms in total. The number of benzene rings is 2. The van der Waals surface area contributed by atoms with Crippen molar-refractivity contribution >= 4 is 16.9 Å². The Morgan fingerprint density at radius 2 is 1.82 bits per heavy atom. The monoisotopic (exact) mass is 370 g/mol. The first-order valence-corrected chi connectivity index (χ1v) is 11.0. The first-order valence-electron chi connectivity index (χ1n) is 11.0. The highest BCUT2D eigenvalue weighted by molar-refractivity contribution is 5.80. The summed E-state index contributed by atoms with van der Waals surface area (Å²) in [6, 6.07) is 9.12. The normalized spacial score (nSPS) is 27.8. The average Bonchev–Trinajstić information content (AvgIpc) is 3.50. The van der Waals surface area contributed by atoms with Gasteiger partial charge in [0, 0.05) is 16.9 Å². The van der Waals surface area contributed by atoms with Crippen LogP contribution >= 0.6 is 0 Å². The van der Waals surface area contributed by atoms with Crippen LogP contribution in [0.4, 0.5) is 11.4 Å². The molecule has 0 aromatic heterocycles. The van der Waals surface area contributed by atoms with Crippen LogP contribution in [0.5, 0.6) is 0 Å². The highest BCUT2D eigenvalue weighted by Crippen LogP contribution is 2.61. The Morgan fingerprint density at radius 3 is 2.54 bits per heavy atom. The smallest absolute Gasteiger partial charge is 0.0425 e. The number of rotatable bonds is 5. The molecule has 0 aliphatic heterocycles. The summed E-state index contributed by atoms with van der Waals surface area (Å²) >= 11 is 0. The lowest BCUT2D eigenvalue weighted by Crippen LogP contribution is -2.23. The van der Waals surface area contributed by atoms with Crippen LogP contribution in [0, 0.1) is 17.8 Å². The third kappa shape index (κ3) is 2.27. The number of aryl methyl sites for hydroxylation is 1. The number of anilines is 2. The minimum atomic E-state index is 0.572. The van der Waals surface area contributed by atoms with Crippen LogP contribution in [0.1, 0.15) is 71.4 Å². The average molecular weight is 371 g/mol. The molecule has 6 rings (SSSR count). The summed E-state index contributed by atoms with van der Waals surface area (Å²) < 4.78 is 0. The molecule has 0 radical (unpaired) electrons. The minimum absolute atomic E-state index is 0.572. The van der Waals surface area contributed by atoms with Crippen molar-refractivity contribution in [2.24, 2.45) is 17.8 Å². The van der Waals surface area contributed by atoms with Crippen LogP contribution in [0.15, 0.2) is 30.8 Å². The number of allylic oxidation sites excluding steroid dienone is 1. The van der Waals surface area contributed by atoms with E-state index < -0.39 is 0 Å². The molecule has 144 valence electrons. The predicted octanol–water partition coefficient (Wildman–Crippen LogP) is 5.45. The molecule has 3 unspecified atom stereocenters. The molecular weight excluding hydrogens is 340 g/mol. The van der Waals surface area contributed by atoms with Gasteiger partial charge in [0.05, 0.1) is 0 Å². The Labute approximate surface area is 168 Å². The molecule has 0 amide bonds. The highest BCUT2D eigenvalue weighted by atomic mass is 14.6. The second-order valence-electron chi connectivity index (χ2n) is 9.77. The molecule has 28 heavy (non-hydrogen) atoms. The van der Waals surface area contributed by atoms with E-state index in [4.69, 9.17) is 11.5 Å². The molecule has 0 heterocycles. The molecule has 4 N–H and O–H groups in total. The summed E-state index contributed by atoms with van der Waals surface area (Å²) in [6.45, 7) is 6.84. The van der Waals surface area contributed by atoms with Crippen LogP contribution in [0.25, 0.3) is 5.57 Å². The van der Waals surface area contributed by atoms with Crippen LogP contribution in [0.2, 0.25) is 0 Å². The molecule has 4 aliphatic carbocycles. The quantitative estimate of drug-likeness (QED) is 0.687. The van der Waals surface area contributed by atoms with Crippen molar-refractivity contribution in [3.63, 3.8) is 0 Å². The third-order valence-electron chi connectivity index (χ3n) is 8.29. The van der Waals surface area contributed by atoms with Crippen LogP contribution in [-0.4, -0.2) is 0 Å². The predicted molar refractivity (Wildman–Crippen MR) is 117 cm³/mol. The highest BCUT2D eigenvalue weighted by Gasteiger charge is 2.50. The Kier molecular flexibility index (Phi) is 3.37. The third-order valence-corrected chi connectivity index (χ3v) is 8.29. The van der Waals surface area contributed by atoms with Gasteiger partial charge >= 0.3 is 0 Å². The second kappa shape index (κ2) is 5.65. The van der Waals surface area contributed by atoms with E-state index in [1.54, 1.807) is 0 Å². The van der Waals surface area contributed by atoms with E-state index >= 15 is 0 Å². The van der Waals surface area contributed by atoms with Crippen molar-refractivity contribution in [3.8, 4) is 0 Å². The second-order valence-corrected chi connectivity index (χ2v) is 9.77. The van der Waals surface area contributed by atoms with Gasteiger partial charge in [0.15, 0.2) is 0 Å². The lowest BCUT2D eigenvalue weighted by molar-refractivity contribution is 0.525. The van der Waals surface area contributed by atoms with Gasteiger partial charge in [0.25, 0.3) is 0 Å². The SMILES string of the molecule is C=C(c1ccc2c(c1N)CC2)C1CC1C1Cc2ccc([C@@H](C)C3CC3)c(N)c21. The molecular formula is C26H30N2. The van der Waals surface area contributed by atoms with Gasteiger partial charge in [-0.1, -0.05) is 37.8 Å². The fraction of sp³-hybridized carbons (Fsp3) is 0.462. The largest absolute Gasteiger partial charge is 0.398 e. The number of fused-ring (bicyclic) bond motifs is 2. The van der Waals surface area contributed by atoms with E-state index in [0.29, 0.717) is 23.7 Å². The number of hydrogen-bond donors (Lipinski definition) is 2. The van der Waals surface area contributed by atoms with Crippen LogP contribution < -0.4 is 11.5 Å². The van der Waals surface area contributed by atoms with Crippen molar-refractivity contribution < 1.29 is 0 Å². The Balaban J connectivity index is 1.24. The summed E-state index contributed by atoms with van der Waals surface area (Å²) in [7, 11) is 0. The lowest BCUT2D eigenvalue weighted by atomic mass is 9.71. The van der Waals surface area contributed by atoms with E-state index in [1.165, 1.54) is 71.1 Å². The van der Waals surface area contributed by atoms with Gasteiger partial charge in [-0.15, -0.1) is 0 Å². The summed E-state index contributed by atoms with van der Waals surface area (Å²) in [4.78, 5) is 0. The van der Waals surface area contributed by atoms with Crippen molar-refractivity contribution in [3.05, 3.63) is 64.2 Å². The van der Waals surface area contributed by atoms with Crippen molar-refractivity contribution in [2.75, 3.05) is 11.5 Å². The Morgan fingerprint density at radius 1 is 1.04 bits per heavy atom. The van der Waals surface area contributed by atoms with Gasteiger partial charge in [0.1, 0.15) is 0 Å². The van der Waals surface area contributed by atoms with Gasteiger partial charge in [-0.2, -0.15) is 0 Å². The molecule has 0 bridgehead atoms. The zero-order chi connectivity index (χ0) is 19.2. The fourth-order valence-electron chi connectivity index (χ4n) is 6.00. The van der Waals surface area contributed by atoms with Gasteiger partial charge in [-0.25, -0.2) is 0 Å². The van der Waals surface area contributed by atoms with Crippen molar-refractivity contribution in [2.45, 2.75) is 57.3 Å². The standard InChI is InChI=1S/C26H30N2/c1-13(15-3-4-15)18-9-7-17-11-23(24(17)26(18)28)22-12-21(22)14(2)19-8-5-16-6-10-20(16)25(19)27/h5,7-9,13,15,21-23H,2-4,6,10-12,27-28H2,1H3/t13-,21?,22?,23?/m0/s1. The molecule has 0 spiro atoms. The number of hydrogen-bond acceptors (Lipinski definition) is 2. The number of nitrogen functional groups attached to an aromatic ring is 2. The summed E-state index contributed by atoms with van der Waals surface area (Å²) in [5.41, 5.74) is 24.9. The van der Waals surface area contributed by atoms with E-state index in [1.807, 2.05) is 0 Å². The molecule has 4 atom stereocenters. The minimum Gasteiger partial charge on any atom is -0.398 e. The zero-order valence-corrected chi connectivity index (χ0v) is 16.8. The van der Waals surface area contributed by atoms with Gasteiger partial charge in [0.2, 0.25) is 0 Å². The van der Waals surface area contributed by atoms with E-state index in [9.17, 15) is 0 Å². The maximum absolute atomic E-state index is 6.72. The van der Waals surface area contributed by atoms with Crippen molar-refractivity contribution in [1.29, 1.82) is 0 Å². The summed E-state index contributed by atoms with van der Waals surface area (Å²) in [5, 5.41) is 0. The first kappa shape index (κ1) is 16.7. The van der Waals surface area contributed by atoms with E-state index in [0.717, 1.165) is 23.7 Å². The summed E-state index contributed by atoms with van der Waals surface area (Å²) in [6.07, 6.45) is 7.47. The van der Waals surface area contributed by atoms with E-state index in [2.05, 4.69) is 37.8 Å². The molecule has 0 saturated heterocycles. The molecule has 2 saturated carbocycles. The van der Waals surface area contributed by atoms with Gasteiger partial charge in [-0.05, 0) is 102 Å². The van der Waals surface area contributed by atoms with Gasteiger partial charge in [-0.3, -0.25) is 0 Å². The first-order chi connectivity index (χ1) is 13.5. The lowest BCUT2D eigenvalue weighted by Gasteiger charge is -2.34. The molecule has 2 aromatic carbocycles. The maximum atomic E-state index is 6.72. The van der Waals surface area contributed by atoms with Crippen molar-refractivity contribution in [1.82, 2.24) is 0 Å². The fourth-order valence-corrected chi connectivity index (χ4v) is 6.00. The molecule has 2 heteroatoms. The maximum Gasteiger partial charge on any atom is 0.0425 e. The molecule has 2 fully saturated rings. The zero-order valence-electron chi connectivity index (χ0n) is 16.8. The molecule has 4 aliphatic rings. The van der Waals surface area contributed by atoms with Gasteiger partial charge < -0.3 is 11.5 Å². The summed E-state index contributed by atoms with van der Waals surface area (Å²) in [5.74, 6) is 3.35. The molecule has 2 aromatic rings.